The number of hydrogen-bond acceptors (Lipinski definition) is 2. The maximum absolute atomic E-state index is 12.1. The fraction of sp³-hybridized carbons (Fsp3) is 0.333. The van der Waals surface area contributed by atoms with Crippen molar-refractivity contribution in [3.05, 3.63) is 46.0 Å². The summed E-state index contributed by atoms with van der Waals surface area (Å²) in [5.74, 6) is 0.382. The van der Waals surface area contributed by atoms with Crippen molar-refractivity contribution in [3.63, 3.8) is 0 Å². The second kappa shape index (κ2) is 4.16. The average molecular weight is 305 g/mol. The van der Waals surface area contributed by atoms with Crippen LogP contribution in [0, 0.1) is 0 Å². The van der Waals surface area contributed by atoms with Gasteiger partial charge in [0, 0.05) is 23.8 Å². The van der Waals surface area contributed by atoms with Gasteiger partial charge in [-0.05, 0) is 34.3 Å². The molecule has 0 heterocycles. The first-order valence-corrected chi connectivity index (χ1v) is 6.96. The van der Waals surface area contributed by atoms with E-state index in [-0.39, 0.29) is 11.2 Å². The van der Waals surface area contributed by atoms with E-state index < -0.39 is 0 Å². The number of fused-ring (bicyclic) bond motifs is 2. The van der Waals surface area contributed by atoms with E-state index in [9.17, 15) is 9.59 Å². The van der Waals surface area contributed by atoms with Gasteiger partial charge >= 0.3 is 0 Å². The predicted octanol–water partition coefficient (Wildman–Crippen LogP) is 3.54. The fourth-order valence-corrected chi connectivity index (χ4v) is 3.67. The monoisotopic (exact) mass is 304 g/mol. The third-order valence-corrected chi connectivity index (χ3v) is 4.62. The van der Waals surface area contributed by atoms with Gasteiger partial charge in [0.2, 0.25) is 0 Å². The lowest BCUT2D eigenvalue weighted by Crippen LogP contribution is -2.34. The molecule has 0 saturated heterocycles. The molecule has 2 nitrogen and oxygen atoms in total. The lowest BCUT2D eigenvalue weighted by Gasteiger charge is -2.38. The molecule has 3 rings (SSSR count). The second-order valence-corrected chi connectivity index (χ2v) is 5.92. The van der Waals surface area contributed by atoms with Crippen LogP contribution in [0.1, 0.15) is 41.6 Å². The quantitative estimate of drug-likeness (QED) is 0.734. The van der Waals surface area contributed by atoms with Gasteiger partial charge in [-0.1, -0.05) is 30.3 Å². The number of benzene rings is 1. The lowest BCUT2D eigenvalue weighted by atomic mass is 9.65. The topological polar surface area (TPSA) is 34.1 Å². The number of allylic oxidation sites excluding steroid dienone is 2. The van der Waals surface area contributed by atoms with Crippen molar-refractivity contribution in [2.24, 2.45) is 0 Å². The summed E-state index contributed by atoms with van der Waals surface area (Å²) < 4.78 is 0.635. The highest BCUT2D eigenvalue weighted by atomic mass is 79.9. The standard InChI is InChI=1S/C15H13BrO2/c16-13-9-15(7-5-10(17)6-8-15)12-4-2-1-3-11(12)14(13)18/h1-4,9H,5-8H2. The Morgan fingerprint density at radius 1 is 1.06 bits per heavy atom. The second-order valence-electron chi connectivity index (χ2n) is 5.06. The molecule has 92 valence electrons. The van der Waals surface area contributed by atoms with E-state index in [1.807, 2.05) is 30.3 Å². The van der Waals surface area contributed by atoms with Crippen LogP contribution in [0.3, 0.4) is 0 Å². The molecule has 0 amide bonds. The maximum Gasteiger partial charge on any atom is 0.199 e. The summed E-state index contributed by atoms with van der Waals surface area (Å²) in [5.41, 5.74) is 1.74. The van der Waals surface area contributed by atoms with Crippen LogP contribution >= 0.6 is 15.9 Å². The fourth-order valence-electron chi connectivity index (χ4n) is 3.02. The molecule has 1 aromatic carbocycles. The average Bonchev–Trinajstić information content (AvgIpc) is 2.40. The zero-order valence-electron chi connectivity index (χ0n) is 9.91. The first-order chi connectivity index (χ1) is 8.62. The minimum absolute atomic E-state index is 0.0492. The number of carbonyl (C=O) groups excluding carboxylic acids is 2. The minimum atomic E-state index is -0.128. The van der Waals surface area contributed by atoms with Crippen LogP contribution in [0.15, 0.2) is 34.8 Å². The van der Waals surface area contributed by atoms with Gasteiger partial charge < -0.3 is 0 Å². The van der Waals surface area contributed by atoms with Gasteiger partial charge in [0.25, 0.3) is 0 Å². The Bertz CT molecular complexity index is 562. The van der Waals surface area contributed by atoms with Gasteiger partial charge in [0.15, 0.2) is 5.78 Å². The highest BCUT2D eigenvalue weighted by Crippen LogP contribution is 2.45. The summed E-state index contributed by atoms with van der Waals surface area (Å²) in [6, 6.07) is 7.77. The molecule has 1 spiro atoms. The first kappa shape index (κ1) is 11.8. The van der Waals surface area contributed by atoms with Crippen LogP contribution in [-0.2, 0) is 10.2 Å². The Kier molecular flexibility index (Phi) is 2.74. The zero-order valence-corrected chi connectivity index (χ0v) is 11.5. The van der Waals surface area contributed by atoms with Gasteiger partial charge in [-0.3, -0.25) is 9.59 Å². The molecule has 1 saturated carbocycles. The molecule has 0 aromatic heterocycles. The number of Topliss-reactive ketones (excluding diaryl/α,β-unsaturated/α-hetero) is 2. The molecule has 0 unspecified atom stereocenters. The minimum Gasteiger partial charge on any atom is -0.300 e. The van der Waals surface area contributed by atoms with E-state index in [4.69, 9.17) is 0 Å². The van der Waals surface area contributed by atoms with Gasteiger partial charge in [-0.25, -0.2) is 0 Å². The van der Waals surface area contributed by atoms with Gasteiger partial charge in [0.05, 0.1) is 4.48 Å². The van der Waals surface area contributed by atoms with E-state index in [0.29, 0.717) is 23.1 Å². The van der Waals surface area contributed by atoms with Gasteiger partial charge in [0.1, 0.15) is 5.78 Å². The number of hydrogen-bond donors (Lipinski definition) is 0. The summed E-state index contributed by atoms with van der Waals surface area (Å²) in [7, 11) is 0. The molecule has 3 heteroatoms. The van der Waals surface area contributed by atoms with Crippen LogP contribution in [0.25, 0.3) is 0 Å². The number of rotatable bonds is 0. The molecule has 1 aromatic rings. The van der Waals surface area contributed by atoms with Crippen molar-refractivity contribution in [1.29, 1.82) is 0 Å². The molecule has 1 fully saturated rings. The Morgan fingerprint density at radius 3 is 2.44 bits per heavy atom. The molecule has 0 bridgehead atoms. The summed E-state index contributed by atoms with van der Waals surface area (Å²) in [5, 5.41) is 0. The molecule has 18 heavy (non-hydrogen) atoms. The molecule has 2 aliphatic rings. The van der Waals surface area contributed by atoms with Crippen molar-refractivity contribution < 1.29 is 9.59 Å². The lowest BCUT2D eigenvalue weighted by molar-refractivity contribution is -0.121. The molecule has 0 atom stereocenters. The Labute approximate surface area is 114 Å². The maximum atomic E-state index is 12.1. The number of ketones is 2. The van der Waals surface area contributed by atoms with E-state index in [1.54, 1.807) is 0 Å². The van der Waals surface area contributed by atoms with E-state index in [0.717, 1.165) is 24.0 Å². The number of carbonyl (C=O) groups is 2. The van der Waals surface area contributed by atoms with E-state index in [2.05, 4.69) is 15.9 Å². The van der Waals surface area contributed by atoms with Crippen molar-refractivity contribution >= 4 is 27.5 Å². The third-order valence-electron chi connectivity index (χ3n) is 4.03. The van der Waals surface area contributed by atoms with Crippen molar-refractivity contribution in [1.82, 2.24) is 0 Å². The normalized spacial score (nSPS) is 21.7. The highest BCUT2D eigenvalue weighted by molar-refractivity contribution is 9.12. The Hall–Kier alpha value is -1.22. The van der Waals surface area contributed by atoms with Crippen LogP contribution < -0.4 is 0 Å². The van der Waals surface area contributed by atoms with Gasteiger partial charge in [-0.15, -0.1) is 0 Å². The molecule has 0 N–H and O–H groups in total. The van der Waals surface area contributed by atoms with Crippen molar-refractivity contribution in [2.45, 2.75) is 31.1 Å². The summed E-state index contributed by atoms with van der Waals surface area (Å²) in [4.78, 5) is 23.6. The van der Waals surface area contributed by atoms with E-state index in [1.165, 1.54) is 0 Å². The Morgan fingerprint density at radius 2 is 1.72 bits per heavy atom. The summed E-state index contributed by atoms with van der Waals surface area (Å²) >= 11 is 3.38. The van der Waals surface area contributed by atoms with E-state index >= 15 is 0 Å². The Balaban J connectivity index is 2.15. The third kappa shape index (κ3) is 1.69. The van der Waals surface area contributed by atoms with Crippen LogP contribution in [0.2, 0.25) is 0 Å². The summed E-state index contributed by atoms with van der Waals surface area (Å²) in [6.07, 6.45) is 4.86. The smallest absolute Gasteiger partial charge is 0.199 e. The van der Waals surface area contributed by atoms with Crippen LogP contribution in [0.5, 0.6) is 0 Å². The van der Waals surface area contributed by atoms with Crippen molar-refractivity contribution in [2.75, 3.05) is 0 Å². The molecular formula is C15H13BrO2. The first-order valence-electron chi connectivity index (χ1n) is 6.17. The highest BCUT2D eigenvalue weighted by Gasteiger charge is 2.40. The molecule has 0 radical (unpaired) electrons. The predicted molar refractivity (Wildman–Crippen MR) is 72.9 cm³/mol. The largest absolute Gasteiger partial charge is 0.300 e. The van der Waals surface area contributed by atoms with Crippen molar-refractivity contribution in [3.8, 4) is 0 Å². The summed E-state index contributed by atoms with van der Waals surface area (Å²) in [6.45, 7) is 0. The van der Waals surface area contributed by atoms with Crippen LogP contribution in [0.4, 0.5) is 0 Å². The molecular weight excluding hydrogens is 292 g/mol. The molecule has 2 aliphatic carbocycles. The number of halogens is 1. The zero-order chi connectivity index (χ0) is 12.8. The van der Waals surface area contributed by atoms with Gasteiger partial charge in [-0.2, -0.15) is 0 Å². The SMILES string of the molecule is O=C1CCC2(C=C(Br)C(=O)c3ccccc32)CC1. The van der Waals surface area contributed by atoms with Crippen LogP contribution in [-0.4, -0.2) is 11.6 Å². The molecule has 0 aliphatic heterocycles.